The second kappa shape index (κ2) is 11.2. The quantitative estimate of drug-likeness (QED) is 0.216. The zero-order chi connectivity index (χ0) is 27.6. The number of rotatable bonds is 8. The normalized spacial score (nSPS) is 14.6. The average Bonchev–Trinajstić information content (AvgIpc) is 3.74. The molecule has 1 aliphatic rings. The van der Waals surface area contributed by atoms with Gasteiger partial charge < -0.3 is 19.2 Å². The first-order valence-electron chi connectivity index (χ1n) is 13.9. The maximum atomic E-state index is 14.2. The number of hydrogen-bond donors (Lipinski definition) is 1. The van der Waals surface area contributed by atoms with Crippen molar-refractivity contribution in [2.45, 2.75) is 57.8 Å². The molecule has 1 fully saturated rings. The van der Waals surface area contributed by atoms with E-state index in [4.69, 9.17) is 16.0 Å². The molecule has 1 aliphatic carbocycles. The van der Waals surface area contributed by atoms with Gasteiger partial charge in [-0.3, -0.25) is 9.59 Å². The van der Waals surface area contributed by atoms with Crippen molar-refractivity contribution in [2.75, 3.05) is 0 Å². The molecule has 1 atom stereocenters. The van der Waals surface area contributed by atoms with E-state index in [9.17, 15) is 9.59 Å². The number of fused-ring (bicyclic) bond motifs is 3. The predicted molar refractivity (Wildman–Crippen MR) is 158 cm³/mol. The second-order valence-corrected chi connectivity index (χ2v) is 10.8. The summed E-state index contributed by atoms with van der Waals surface area (Å²) in [4.78, 5) is 29.8. The van der Waals surface area contributed by atoms with Gasteiger partial charge >= 0.3 is 0 Å². The van der Waals surface area contributed by atoms with Crippen LogP contribution in [0, 0.1) is 0 Å². The van der Waals surface area contributed by atoms with Crippen molar-refractivity contribution in [3.05, 3.63) is 107 Å². The van der Waals surface area contributed by atoms with Crippen molar-refractivity contribution in [1.29, 1.82) is 0 Å². The van der Waals surface area contributed by atoms with Crippen LogP contribution in [0.5, 0.6) is 0 Å². The van der Waals surface area contributed by atoms with E-state index >= 15 is 0 Å². The molecule has 0 radical (unpaired) electrons. The molecule has 0 saturated heterocycles. The summed E-state index contributed by atoms with van der Waals surface area (Å²) in [7, 11) is 0. The zero-order valence-electron chi connectivity index (χ0n) is 22.5. The average molecular weight is 554 g/mol. The molecule has 6 nitrogen and oxygen atoms in total. The Bertz CT molecular complexity index is 1670. The van der Waals surface area contributed by atoms with Gasteiger partial charge in [0, 0.05) is 46.0 Å². The molecule has 1 N–H and O–H groups in total. The first kappa shape index (κ1) is 26.2. The van der Waals surface area contributed by atoms with Gasteiger partial charge in [-0.05, 0) is 67.3 Å². The molecule has 7 heteroatoms. The molecule has 6 rings (SSSR count). The summed E-state index contributed by atoms with van der Waals surface area (Å²) in [5.74, 6) is -0.389. The molecule has 0 spiro atoms. The number of carbonyl (C=O) groups is 2. The lowest BCUT2D eigenvalue weighted by Crippen LogP contribution is -2.45. The molecule has 2 amide bonds. The Hall–Kier alpha value is -4.03. The molecule has 1 saturated carbocycles. The molecule has 0 aliphatic heterocycles. The standard InChI is InChI=1S/C33H32ClN3O3/c1-2-36-28-15-8-6-13-25(28)26-20-22(17-18-29(26)36)31(32(38)35-24-11-4-5-12-24)37(33(39)30-16-9-19-40-30)21-23-10-3-7-14-27(23)34/h3,6-10,13-20,24,31H,2,4-5,11-12,21H2,1H3,(H,35,38)/t31-/m0/s1. The SMILES string of the molecule is CCn1c2ccccc2c2cc([C@@H](C(=O)NC3CCCC3)N(Cc3ccccc3Cl)C(=O)c3ccco3)ccc21. The van der Waals surface area contributed by atoms with Crippen molar-refractivity contribution in [3.8, 4) is 0 Å². The van der Waals surface area contributed by atoms with Gasteiger partial charge in [0.25, 0.3) is 5.91 Å². The zero-order valence-corrected chi connectivity index (χ0v) is 23.2. The van der Waals surface area contributed by atoms with Crippen LogP contribution in [0.25, 0.3) is 21.8 Å². The van der Waals surface area contributed by atoms with Gasteiger partial charge in [-0.25, -0.2) is 0 Å². The van der Waals surface area contributed by atoms with E-state index in [0.717, 1.165) is 65.2 Å². The Morgan fingerprint density at radius 1 is 0.975 bits per heavy atom. The van der Waals surface area contributed by atoms with Crippen LogP contribution >= 0.6 is 11.6 Å². The van der Waals surface area contributed by atoms with Crippen molar-refractivity contribution in [2.24, 2.45) is 0 Å². The molecule has 204 valence electrons. The smallest absolute Gasteiger partial charge is 0.290 e. The van der Waals surface area contributed by atoms with Gasteiger partial charge in [-0.15, -0.1) is 0 Å². The lowest BCUT2D eigenvalue weighted by atomic mass is 9.99. The molecular weight excluding hydrogens is 522 g/mol. The number of carbonyl (C=O) groups excluding carboxylic acids is 2. The number of nitrogens with one attached hydrogen (secondary N) is 1. The Balaban J connectivity index is 1.51. The van der Waals surface area contributed by atoms with E-state index in [1.54, 1.807) is 23.1 Å². The van der Waals surface area contributed by atoms with Crippen LogP contribution < -0.4 is 5.32 Å². The van der Waals surface area contributed by atoms with Gasteiger partial charge in [0.05, 0.1) is 6.26 Å². The maximum absolute atomic E-state index is 14.2. The van der Waals surface area contributed by atoms with Crippen LogP contribution in [0.1, 0.15) is 60.3 Å². The summed E-state index contributed by atoms with van der Waals surface area (Å²) in [5, 5.41) is 5.97. The highest BCUT2D eigenvalue weighted by Gasteiger charge is 2.35. The topological polar surface area (TPSA) is 67.5 Å². The Kier molecular flexibility index (Phi) is 7.35. The number of halogens is 1. The van der Waals surface area contributed by atoms with Crippen molar-refractivity contribution >= 4 is 45.2 Å². The van der Waals surface area contributed by atoms with E-state index in [2.05, 4.69) is 41.1 Å². The minimum Gasteiger partial charge on any atom is -0.459 e. The summed E-state index contributed by atoms with van der Waals surface area (Å²) in [5.41, 5.74) is 3.74. The molecule has 2 heterocycles. The van der Waals surface area contributed by atoms with Crippen LogP contribution in [-0.4, -0.2) is 27.3 Å². The van der Waals surface area contributed by atoms with E-state index in [-0.39, 0.29) is 30.2 Å². The number of aromatic nitrogens is 1. The molecule has 2 aromatic heterocycles. The van der Waals surface area contributed by atoms with Crippen LogP contribution in [0.4, 0.5) is 0 Å². The molecule has 40 heavy (non-hydrogen) atoms. The minimum absolute atomic E-state index is 0.0987. The van der Waals surface area contributed by atoms with Gasteiger partial charge in [0.2, 0.25) is 5.91 Å². The summed E-state index contributed by atoms with van der Waals surface area (Å²) < 4.78 is 7.81. The monoisotopic (exact) mass is 553 g/mol. The predicted octanol–water partition coefficient (Wildman–Crippen LogP) is 7.50. The van der Waals surface area contributed by atoms with E-state index in [1.165, 1.54) is 6.26 Å². The van der Waals surface area contributed by atoms with Gasteiger partial charge in [-0.2, -0.15) is 0 Å². The summed E-state index contributed by atoms with van der Waals surface area (Å²) >= 11 is 6.56. The first-order chi connectivity index (χ1) is 19.5. The third-order valence-corrected chi connectivity index (χ3v) is 8.35. The number of hydrogen-bond acceptors (Lipinski definition) is 3. The van der Waals surface area contributed by atoms with Gasteiger partial charge in [0.15, 0.2) is 5.76 Å². The number of aryl methyl sites for hydroxylation is 1. The molecule has 3 aromatic carbocycles. The first-order valence-corrected chi connectivity index (χ1v) is 14.3. The summed E-state index contributed by atoms with van der Waals surface area (Å²) in [6.07, 6.45) is 5.54. The maximum Gasteiger partial charge on any atom is 0.290 e. The lowest BCUT2D eigenvalue weighted by Gasteiger charge is -2.32. The third kappa shape index (κ3) is 4.88. The highest BCUT2D eigenvalue weighted by Crippen LogP contribution is 2.35. The van der Waals surface area contributed by atoms with Crippen molar-refractivity contribution in [3.63, 3.8) is 0 Å². The number of furan rings is 1. The van der Waals surface area contributed by atoms with E-state index < -0.39 is 6.04 Å². The molecular formula is C33H32ClN3O3. The number of nitrogens with zero attached hydrogens (tertiary/aromatic N) is 2. The summed E-state index contributed by atoms with van der Waals surface area (Å²) in [6, 6.07) is 24.3. The fourth-order valence-electron chi connectivity index (χ4n) is 6.04. The summed E-state index contributed by atoms with van der Waals surface area (Å²) in [6.45, 7) is 3.10. The van der Waals surface area contributed by atoms with E-state index in [0.29, 0.717) is 5.02 Å². The minimum atomic E-state index is -0.886. The number of amides is 2. The fraction of sp³-hybridized carbons (Fsp3) is 0.273. The number of para-hydroxylation sites is 1. The number of benzene rings is 3. The molecule has 0 unspecified atom stereocenters. The van der Waals surface area contributed by atoms with Crippen LogP contribution in [-0.2, 0) is 17.9 Å². The highest BCUT2D eigenvalue weighted by atomic mass is 35.5. The van der Waals surface area contributed by atoms with E-state index in [1.807, 2.05) is 36.4 Å². The largest absolute Gasteiger partial charge is 0.459 e. The highest BCUT2D eigenvalue weighted by molar-refractivity contribution is 6.31. The molecule has 5 aromatic rings. The van der Waals surface area contributed by atoms with Crippen molar-refractivity contribution < 1.29 is 14.0 Å². The Morgan fingerprint density at radius 3 is 2.48 bits per heavy atom. The van der Waals surface area contributed by atoms with Crippen LogP contribution in [0.2, 0.25) is 5.02 Å². The second-order valence-electron chi connectivity index (χ2n) is 10.4. The van der Waals surface area contributed by atoms with Crippen LogP contribution in [0.15, 0.2) is 89.5 Å². The van der Waals surface area contributed by atoms with Crippen molar-refractivity contribution in [1.82, 2.24) is 14.8 Å². The fourth-order valence-corrected chi connectivity index (χ4v) is 6.23. The Morgan fingerprint density at radius 2 is 1.73 bits per heavy atom. The van der Waals surface area contributed by atoms with Gasteiger partial charge in [-0.1, -0.05) is 66.9 Å². The van der Waals surface area contributed by atoms with Gasteiger partial charge in [0.1, 0.15) is 6.04 Å². The third-order valence-electron chi connectivity index (χ3n) is 7.98. The Labute approximate surface area is 238 Å². The lowest BCUT2D eigenvalue weighted by molar-refractivity contribution is -0.126. The van der Waals surface area contributed by atoms with Crippen LogP contribution in [0.3, 0.4) is 0 Å². The molecule has 0 bridgehead atoms.